The van der Waals surface area contributed by atoms with Gasteiger partial charge in [-0.1, -0.05) is 67.1 Å². The van der Waals surface area contributed by atoms with E-state index in [-0.39, 0.29) is 0 Å². The maximum Gasteiger partial charge on any atom is 0.125 e. The molecule has 1 atom stereocenters. The molecule has 5 rings (SSSR count). The molecular weight excluding hydrogens is 358 g/mol. The summed E-state index contributed by atoms with van der Waals surface area (Å²) in [5.74, 6) is 0.776. The topological polar surface area (TPSA) is 12.9 Å². The highest BCUT2D eigenvalue weighted by atomic mass is 32.1. The predicted octanol–water partition coefficient (Wildman–Crippen LogP) is 7.37. The van der Waals surface area contributed by atoms with E-state index in [4.69, 9.17) is 4.98 Å². The van der Waals surface area contributed by atoms with Gasteiger partial charge in [-0.25, -0.2) is 4.98 Å². The van der Waals surface area contributed by atoms with E-state index in [1.165, 1.54) is 57.3 Å². The van der Waals surface area contributed by atoms with Crippen LogP contribution in [0.1, 0.15) is 34.9 Å². The van der Waals surface area contributed by atoms with Gasteiger partial charge in [-0.05, 0) is 61.3 Å². The van der Waals surface area contributed by atoms with E-state index in [9.17, 15) is 0 Å². The largest absolute Gasteiger partial charge is 0.237 e. The van der Waals surface area contributed by atoms with Crippen molar-refractivity contribution in [1.29, 1.82) is 0 Å². The van der Waals surface area contributed by atoms with E-state index >= 15 is 0 Å². The minimum absolute atomic E-state index is 0.776. The predicted molar refractivity (Wildman–Crippen MR) is 121 cm³/mol. The lowest BCUT2D eigenvalue weighted by Crippen LogP contribution is -2.08. The van der Waals surface area contributed by atoms with Gasteiger partial charge in [0.2, 0.25) is 0 Å². The van der Waals surface area contributed by atoms with Crippen LogP contribution in [0.5, 0.6) is 0 Å². The zero-order valence-corrected chi connectivity index (χ0v) is 17.6. The van der Waals surface area contributed by atoms with Gasteiger partial charge < -0.3 is 0 Å². The van der Waals surface area contributed by atoms with Crippen LogP contribution in [0.25, 0.3) is 32.6 Å². The van der Waals surface area contributed by atoms with Gasteiger partial charge in [-0.2, -0.15) is 0 Å². The molecule has 0 N–H and O–H groups in total. The Kier molecular flexibility index (Phi) is 4.32. The van der Waals surface area contributed by atoms with Crippen molar-refractivity contribution in [3.63, 3.8) is 0 Å². The molecule has 2 aromatic carbocycles. The van der Waals surface area contributed by atoms with Crippen LogP contribution in [-0.2, 0) is 12.8 Å². The van der Waals surface area contributed by atoms with Crippen molar-refractivity contribution >= 4 is 21.6 Å². The molecule has 0 saturated heterocycles. The number of nitrogens with zero attached hydrogens (tertiary/aromatic N) is 1. The maximum atomic E-state index is 5.20. The third-order valence-corrected chi connectivity index (χ3v) is 7.19. The van der Waals surface area contributed by atoms with Gasteiger partial charge >= 0.3 is 0 Å². The van der Waals surface area contributed by atoms with Crippen LogP contribution in [0, 0.1) is 19.8 Å². The summed E-state index contributed by atoms with van der Waals surface area (Å²) in [6.07, 6.45) is 3.66. The summed E-state index contributed by atoms with van der Waals surface area (Å²) < 4.78 is 0. The van der Waals surface area contributed by atoms with E-state index in [1.54, 1.807) is 10.4 Å². The van der Waals surface area contributed by atoms with Crippen LogP contribution in [0.3, 0.4) is 0 Å². The molecule has 2 heterocycles. The van der Waals surface area contributed by atoms with E-state index in [0.29, 0.717) is 0 Å². The van der Waals surface area contributed by atoms with Gasteiger partial charge in [0.1, 0.15) is 4.83 Å². The molecule has 0 bridgehead atoms. The third-order valence-electron chi connectivity index (χ3n) is 6.04. The summed E-state index contributed by atoms with van der Waals surface area (Å²) in [4.78, 5) is 7.97. The van der Waals surface area contributed by atoms with Crippen molar-refractivity contribution in [3.05, 3.63) is 76.2 Å². The van der Waals surface area contributed by atoms with E-state index < -0.39 is 0 Å². The van der Waals surface area contributed by atoms with E-state index in [1.807, 2.05) is 11.3 Å². The van der Waals surface area contributed by atoms with Crippen molar-refractivity contribution in [2.24, 2.45) is 5.92 Å². The Morgan fingerprint density at radius 2 is 1.75 bits per heavy atom. The highest BCUT2D eigenvalue weighted by Crippen LogP contribution is 2.45. The van der Waals surface area contributed by atoms with Gasteiger partial charge in [0.05, 0.1) is 5.69 Å². The molecule has 140 valence electrons. The van der Waals surface area contributed by atoms with Crippen molar-refractivity contribution in [1.82, 2.24) is 4.98 Å². The zero-order valence-electron chi connectivity index (χ0n) is 16.8. The lowest BCUT2D eigenvalue weighted by Gasteiger charge is -2.19. The highest BCUT2D eigenvalue weighted by Gasteiger charge is 2.25. The first kappa shape index (κ1) is 17.6. The lowest BCUT2D eigenvalue weighted by atomic mass is 9.85. The number of benzene rings is 2. The minimum Gasteiger partial charge on any atom is -0.237 e. The molecule has 0 saturated carbocycles. The number of thiophene rings is 1. The zero-order chi connectivity index (χ0) is 19.3. The standard InChI is InChI=1S/C26H25NS/c1-16-8-7-11-20(14-16)23-18(3)25(19-9-5-4-6-10-19)27-26-24(23)21-13-12-17(2)15-22(21)28-26/h4-11,14,17H,12-13,15H2,1-3H3. The average molecular weight is 384 g/mol. The molecule has 0 fully saturated rings. The van der Waals surface area contributed by atoms with Crippen molar-refractivity contribution in [3.8, 4) is 22.4 Å². The molecular formula is C26H25NS. The molecule has 0 spiro atoms. The van der Waals surface area contributed by atoms with Gasteiger partial charge in [0.15, 0.2) is 0 Å². The molecule has 0 aliphatic heterocycles. The minimum atomic E-state index is 0.776. The molecule has 2 heteroatoms. The fourth-order valence-electron chi connectivity index (χ4n) is 4.60. The fourth-order valence-corrected chi connectivity index (χ4v) is 6.00. The van der Waals surface area contributed by atoms with E-state index in [0.717, 1.165) is 11.6 Å². The Morgan fingerprint density at radius 1 is 0.964 bits per heavy atom. The lowest BCUT2D eigenvalue weighted by molar-refractivity contribution is 0.509. The molecule has 1 nitrogen and oxygen atoms in total. The number of hydrogen-bond acceptors (Lipinski definition) is 2. The quantitative estimate of drug-likeness (QED) is 0.352. The van der Waals surface area contributed by atoms with Crippen LogP contribution in [-0.4, -0.2) is 4.98 Å². The molecule has 4 aromatic rings. The summed E-state index contributed by atoms with van der Waals surface area (Å²) in [7, 11) is 0. The van der Waals surface area contributed by atoms with Crippen LogP contribution >= 0.6 is 11.3 Å². The van der Waals surface area contributed by atoms with Gasteiger partial charge in [-0.15, -0.1) is 11.3 Å². The van der Waals surface area contributed by atoms with Gasteiger partial charge in [-0.3, -0.25) is 0 Å². The SMILES string of the molecule is Cc1cccc(-c2c(C)c(-c3ccccc3)nc3sc4c(c23)CCC(C)C4)c1. The second-order valence-corrected chi connectivity index (χ2v) is 9.31. The Labute approximate surface area is 171 Å². The fraction of sp³-hybridized carbons (Fsp3) is 0.269. The number of hydrogen-bond donors (Lipinski definition) is 0. The Hall–Kier alpha value is -2.45. The summed E-state index contributed by atoms with van der Waals surface area (Å²) in [5, 5.41) is 1.41. The Bertz CT molecular complexity index is 1170. The smallest absolute Gasteiger partial charge is 0.125 e. The molecule has 0 radical (unpaired) electrons. The molecule has 2 aromatic heterocycles. The summed E-state index contributed by atoms with van der Waals surface area (Å²) in [5.41, 5.74) is 9.20. The maximum absolute atomic E-state index is 5.20. The molecule has 0 amide bonds. The van der Waals surface area contributed by atoms with Crippen LogP contribution in [0.15, 0.2) is 54.6 Å². The van der Waals surface area contributed by atoms with E-state index in [2.05, 4.69) is 75.4 Å². The van der Waals surface area contributed by atoms with Crippen LogP contribution < -0.4 is 0 Å². The first-order valence-electron chi connectivity index (χ1n) is 10.2. The van der Waals surface area contributed by atoms with Crippen molar-refractivity contribution in [2.45, 2.75) is 40.0 Å². The number of fused-ring (bicyclic) bond motifs is 3. The molecule has 1 aliphatic rings. The highest BCUT2D eigenvalue weighted by molar-refractivity contribution is 7.19. The Morgan fingerprint density at radius 3 is 2.54 bits per heavy atom. The molecule has 1 aliphatic carbocycles. The number of pyridine rings is 1. The van der Waals surface area contributed by atoms with Crippen LogP contribution in [0.4, 0.5) is 0 Å². The third kappa shape index (κ3) is 2.87. The van der Waals surface area contributed by atoms with Gasteiger partial charge in [0, 0.05) is 15.8 Å². The number of aryl methyl sites for hydroxylation is 2. The summed E-state index contributed by atoms with van der Waals surface area (Å²) in [6.45, 7) is 6.81. The second kappa shape index (κ2) is 6.86. The monoisotopic (exact) mass is 383 g/mol. The van der Waals surface area contributed by atoms with Crippen molar-refractivity contribution in [2.75, 3.05) is 0 Å². The number of rotatable bonds is 2. The first-order valence-corrected chi connectivity index (χ1v) is 11.0. The number of aromatic nitrogens is 1. The summed E-state index contributed by atoms with van der Waals surface area (Å²) >= 11 is 1.92. The van der Waals surface area contributed by atoms with Gasteiger partial charge in [0.25, 0.3) is 0 Å². The second-order valence-electron chi connectivity index (χ2n) is 8.23. The molecule has 1 unspecified atom stereocenters. The first-order chi connectivity index (χ1) is 13.6. The average Bonchev–Trinajstić information content (AvgIpc) is 3.05. The Balaban J connectivity index is 1.87. The molecule has 28 heavy (non-hydrogen) atoms. The summed E-state index contributed by atoms with van der Waals surface area (Å²) in [6, 6.07) is 19.6. The van der Waals surface area contributed by atoms with Crippen LogP contribution in [0.2, 0.25) is 0 Å². The van der Waals surface area contributed by atoms with Crippen molar-refractivity contribution < 1.29 is 0 Å². The normalized spacial score (nSPS) is 16.3.